The highest BCUT2D eigenvalue weighted by Gasteiger charge is 2.12. The lowest BCUT2D eigenvalue weighted by Crippen LogP contribution is -2.15. The molecular weight excluding hydrogens is 400 g/mol. The van der Waals surface area contributed by atoms with Crippen molar-refractivity contribution in [3.05, 3.63) is 42.5 Å². The quantitative estimate of drug-likeness (QED) is 0.599. The van der Waals surface area contributed by atoms with Gasteiger partial charge in [0.25, 0.3) is 0 Å². The second-order valence-electron chi connectivity index (χ2n) is 5.97. The van der Waals surface area contributed by atoms with Gasteiger partial charge in [-0.1, -0.05) is 11.3 Å². The van der Waals surface area contributed by atoms with Crippen molar-refractivity contribution >= 4 is 42.4 Å². The molecule has 0 bridgehead atoms. The Bertz CT molecular complexity index is 1080. The number of carbonyl (C=O) groups excluding carboxylic acids is 1. The van der Waals surface area contributed by atoms with Gasteiger partial charge >= 0.3 is 0 Å². The van der Waals surface area contributed by atoms with Gasteiger partial charge in [-0.15, -0.1) is 0 Å². The number of anilines is 1. The van der Waals surface area contributed by atoms with Crippen molar-refractivity contribution < 1.29 is 22.7 Å². The van der Waals surface area contributed by atoms with Crippen LogP contribution in [0.15, 0.2) is 47.4 Å². The first kappa shape index (κ1) is 20.1. The number of carbonyl (C=O) groups is 1. The van der Waals surface area contributed by atoms with Crippen LogP contribution in [0.4, 0.5) is 5.13 Å². The van der Waals surface area contributed by atoms with Gasteiger partial charge < -0.3 is 14.8 Å². The molecule has 0 aliphatic rings. The number of rotatable bonds is 8. The van der Waals surface area contributed by atoms with Gasteiger partial charge in [0, 0.05) is 6.26 Å². The van der Waals surface area contributed by atoms with Crippen LogP contribution in [0.3, 0.4) is 0 Å². The van der Waals surface area contributed by atoms with E-state index < -0.39 is 9.84 Å². The third-order valence-electron chi connectivity index (χ3n) is 3.77. The first-order chi connectivity index (χ1) is 13.3. The van der Waals surface area contributed by atoms with Crippen molar-refractivity contribution in [2.75, 3.05) is 24.8 Å². The second kappa shape index (κ2) is 8.57. The van der Waals surface area contributed by atoms with Crippen molar-refractivity contribution in [2.24, 2.45) is 0 Å². The van der Waals surface area contributed by atoms with E-state index in [1.54, 1.807) is 24.3 Å². The number of hydrogen-bond donors (Lipinski definition) is 1. The zero-order valence-electron chi connectivity index (χ0n) is 15.5. The molecule has 3 rings (SSSR count). The van der Waals surface area contributed by atoms with Crippen LogP contribution in [0.5, 0.6) is 11.5 Å². The summed E-state index contributed by atoms with van der Waals surface area (Å²) >= 11 is 1.23. The zero-order valence-corrected chi connectivity index (χ0v) is 17.1. The largest absolute Gasteiger partial charge is 0.494 e. The summed E-state index contributed by atoms with van der Waals surface area (Å²) in [7, 11) is -3.29. The molecule has 0 saturated heterocycles. The van der Waals surface area contributed by atoms with Crippen LogP contribution in [0.25, 0.3) is 10.2 Å². The normalized spacial score (nSPS) is 11.4. The highest BCUT2D eigenvalue weighted by Crippen LogP contribution is 2.28. The molecule has 0 spiro atoms. The number of aromatic nitrogens is 1. The molecule has 7 nitrogen and oxygen atoms in total. The number of nitrogens with zero attached hydrogens (tertiary/aromatic N) is 1. The van der Waals surface area contributed by atoms with E-state index in [-0.39, 0.29) is 23.8 Å². The Morgan fingerprint density at radius 3 is 2.43 bits per heavy atom. The molecule has 0 unspecified atom stereocenters. The first-order valence-electron chi connectivity index (χ1n) is 8.61. The summed E-state index contributed by atoms with van der Waals surface area (Å²) in [4.78, 5) is 16.6. The van der Waals surface area contributed by atoms with Crippen molar-refractivity contribution in [1.29, 1.82) is 0 Å². The van der Waals surface area contributed by atoms with Gasteiger partial charge in [-0.2, -0.15) is 0 Å². The van der Waals surface area contributed by atoms with E-state index in [1.165, 1.54) is 17.4 Å². The minimum atomic E-state index is -3.29. The van der Waals surface area contributed by atoms with E-state index >= 15 is 0 Å². The molecule has 9 heteroatoms. The summed E-state index contributed by atoms with van der Waals surface area (Å²) < 4.78 is 34.9. The maximum Gasteiger partial charge on any atom is 0.229 e. The molecule has 2 aromatic carbocycles. The molecule has 1 N–H and O–H groups in total. The van der Waals surface area contributed by atoms with Crippen LogP contribution in [-0.4, -0.2) is 38.8 Å². The number of hydrogen-bond acceptors (Lipinski definition) is 7. The number of nitrogens with one attached hydrogen (secondary N) is 1. The lowest BCUT2D eigenvalue weighted by Gasteiger charge is -2.07. The van der Waals surface area contributed by atoms with E-state index in [1.807, 2.05) is 19.1 Å². The standard InChI is InChI=1S/C19H20N2O5S2/c1-3-25-13-4-6-14(7-5-13)26-11-10-18(22)21-19-20-16-9-8-15(28(2,23)24)12-17(16)27-19/h4-9,12H,3,10-11H2,1-2H3,(H,20,21,22). The number of thiazole rings is 1. The van der Waals surface area contributed by atoms with Crippen molar-refractivity contribution in [3.63, 3.8) is 0 Å². The van der Waals surface area contributed by atoms with Gasteiger partial charge in [-0.3, -0.25) is 4.79 Å². The van der Waals surface area contributed by atoms with E-state index in [4.69, 9.17) is 9.47 Å². The van der Waals surface area contributed by atoms with Crippen LogP contribution < -0.4 is 14.8 Å². The molecule has 0 atom stereocenters. The number of benzene rings is 2. The molecule has 148 valence electrons. The molecular formula is C19H20N2O5S2. The van der Waals surface area contributed by atoms with E-state index in [0.717, 1.165) is 12.0 Å². The molecule has 0 radical (unpaired) electrons. The molecule has 0 saturated carbocycles. The third kappa shape index (κ3) is 5.20. The fourth-order valence-corrected chi connectivity index (χ4v) is 4.07. The molecule has 1 amide bonds. The average Bonchev–Trinajstić information content (AvgIpc) is 3.04. The summed E-state index contributed by atoms with van der Waals surface area (Å²) in [6.07, 6.45) is 1.32. The van der Waals surface area contributed by atoms with Gasteiger partial charge in [0.2, 0.25) is 5.91 Å². The Labute approximate surface area is 167 Å². The van der Waals surface area contributed by atoms with Crippen molar-refractivity contribution in [3.8, 4) is 11.5 Å². The van der Waals surface area contributed by atoms with Gasteiger partial charge in [-0.25, -0.2) is 13.4 Å². The number of sulfone groups is 1. The zero-order chi connectivity index (χ0) is 20.1. The summed E-state index contributed by atoms with van der Waals surface area (Å²) in [6.45, 7) is 2.74. The summed E-state index contributed by atoms with van der Waals surface area (Å²) in [5.41, 5.74) is 0.637. The fourth-order valence-electron chi connectivity index (χ4n) is 2.43. The maximum absolute atomic E-state index is 12.1. The van der Waals surface area contributed by atoms with Crippen molar-refractivity contribution in [2.45, 2.75) is 18.2 Å². The maximum atomic E-state index is 12.1. The SMILES string of the molecule is CCOc1ccc(OCCC(=O)Nc2nc3ccc(S(C)(=O)=O)cc3s2)cc1. The monoisotopic (exact) mass is 420 g/mol. The fraction of sp³-hybridized carbons (Fsp3) is 0.263. The minimum absolute atomic E-state index is 0.164. The summed E-state index contributed by atoms with van der Waals surface area (Å²) in [5.74, 6) is 1.19. The Kier molecular flexibility index (Phi) is 6.15. The van der Waals surface area contributed by atoms with E-state index in [9.17, 15) is 13.2 Å². The molecule has 28 heavy (non-hydrogen) atoms. The minimum Gasteiger partial charge on any atom is -0.494 e. The van der Waals surface area contributed by atoms with Gasteiger partial charge in [0.15, 0.2) is 15.0 Å². The van der Waals surface area contributed by atoms with E-state index in [0.29, 0.717) is 27.7 Å². The van der Waals surface area contributed by atoms with Crippen LogP contribution in [0.2, 0.25) is 0 Å². The van der Waals surface area contributed by atoms with Gasteiger partial charge in [0.1, 0.15) is 11.5 Å². The number of ether oxygens (including phenoxy) is 2. The lowest BCUT2D eigenvalue weighted by atomic mass is 10.3. The molecule has 3 aromatic rings. The smallest absolute Gasteiger partial charge is 0.229 e. The highest BCUT2D eigenvalue weighted by molar-refractivity contribution is 7.90. The Balaban J connectivity index is 1.54. The topological polar surface area (TPSA) is 94.6 Å². The van der Waals surface area contributed by atoms with Crippen LogP contribution in [-0.2, 0) is 14.6 Å². The van der Waals surface area contributed by atoms with Crippen LogP contribution in [0.1, 0.15) is 13.3 Å². The van der Waals surface area contributed by atoms with Crippen LogP contribution >= 0.6 is 11.3 Å². The lowest BCUT2D eigenvalue weighted by molar-refractivity contribution is -0.116. The highest BCUT2D eigenvalue weighted by atomic mass is 32.2. The third-order valence-corrected chi connectivity index (χ3v) is 5.81. The Morgan fingerprint density at radius 1 is 1.11 bits per heavy atom. The number of amides is 1. The Morgan fingerprint density at radius 2 is 1.79 bits per heavy atom. The van der Waals surface area contributed by atoms with E-state index in [2.05, 4.69) is 10.3 Å². The second-order valence-corrected chi connectivity index (χ2v) is 9.02. The molecule has 0 aliphatic heterocycles. The molecule has 0 fully saturated rings. The molecule has 1 heterocycles. The van der Waals surface area contributed by atoms with Crippen LogP contribution in [0, 0.1) is 0 Å². The predicted octanol–water partition coefficient (Wildman–Crippen LogP) is 3.51. The molecule has 1 aromatic heterocycles. The number of fused-ring (bicyclic) bond motifs is 1. The first-order valence-corrected chi connectivity index (χ1v) is 11.3. The Hall–Kier alpha value is -2.65. The summed E-state index contributed by atoms with van der Waals surface area (Å²) in [5, 5.41) is 3.14. The summed E-state index contributed by atoms with van der Waals surface area (Å²) in [6, 6.07) is 11.9. The van der Waals surface area contributed by atoms with Crippen molar-refractivity contribution in [1.82, 2.24) is 4.98 Å². The van der Waals surface area contributed by atoms with Gasteiger partial charge in [0.05, 0.1) is 34.7 Å². The average molecular weight is 421 g/mol. The van der Waals surface area contributed by atoms with Gasteiger partial charge in [-0.05, 0) is 49.4 Å². The predicted molar refractivity (Wildman–Crippen MR) is 109 cm³/mol. The molecule has 0 aliphatic carbocycles.